The van der Waals surface area contributed by atoms with Crippen LogP contribution >= 0.6 is 23.2 Å². The highest BCUT2D eigenvalue weighted by atomic mass is 35.5. The van der Waals surface area contributed by atoms with E-state index in [0.29, 0.717) is 33.1 Å². The number of aromatic nitrogens is 3. The van der Waals surface area contributed by atoms with Gasteiger partial charge >= 0.3 is 6.01 Å². The molecule has 1 saturated heterocycles. The molecule has 4 rings (SSSR count). The van der Waals surface area contributed by atoms with E-state index >= 15 is 0 Å². The van der Waals surface area contributed by atoms with Crippen LogP contribution in [0.5, 0.6) is 17.5 Å². The summed E-state index contributed by atoms with van der Waals surface area (Å²) in [6.45, 7) is 2.03. The van der Waals surface area contributed by atoms with Crippen molar-refractivity contribution >= 4 is 41.3 Å². The summed E-state index contributed by atoms with van der Waals surface area (Å²) in [6.07, 6.45) is 5.03. The van der Waals surface area contributed by atoms with Gasteiger partial charge in [0.15, 0.2) is 11.5 Å². The number of hydrazone groups is 1. The van der Waals surface area contributed by atoms with Gasteiger partial charge in [0.05, 0.1) is 20.4 Å². The van der Waals surface area contributed by atoms with Crippen LogP contribution < -0.4 is 24.5 Å². The number of benzene rings is 2. The number of halogens is 2. The first kappa shape index (κ1) is 24.8. The molecule has 2 aromatic carbocycles. The molecule has 1 fully saturated rings. The summed E-state index contributed by atoms with van der Waals surface area (Å²) < 4.78 is 16.8. The molecule has 1 aliphatic rings. The largest absolute Gasteiger partial charge is 0.493 e. The zero-order chi connectivity index (χ0) is 24.6. The van der Waals surface area contributed by atoms with Gasteiger partial charge < -0.3 is 19.1 Å². The minimum Gasteiger partial charge on any atom is -0.493 e. The quantitative estimate of drug-likeness (QED) is 0.306. The summed E-state index contributed by atoms with van der Waals surface area (Å²) in [5.74, 6) is 1.94. The molecule has 0 saturated carbocycles. The summed E-state index contributed by atoms with van der Waals surface area (Å²) in [6, 6.07) is 11.0. The number of para-hydroxylation sites is 1. The van der Waals surface area contributed by atoms with Crippen LogP contribution in [-0.2, 0) is 6.61 Å². The molecular formula is C24H26Cl2N6O3. The average Bonchev–Trinajstić information content (AvgIpc) is 2.89. The minimum absolute atomic E-state index is 0.225. The molecule has 9 nitrogen and oxygen atoms in total. The van der Waals surface area contributed by atoms with Crippen LogP contribution in [0.4, 0.5) is 11.9 Å². The van der Waals surface area contributed by atoms with Gasteiger partial charge in [-0.2, -0.15) is 20.1 Å². The second-order valence-corrected chi connectivity index (χ2v) is 8.61. The van der Waals surface area contributed by atoms with Gasteiger partial charge in [0.1, 0.15) is 6.61 Å². The Hall–Kier alpha value is -3.30. The summed E-state index contributed by atoms with van der Waals surface area (Å²) in [4.78, 5) is 15.3. The Morgan fingerprint density at radius 2 is 1.86 bits per heavy atom. The number of rotatable bonds is 9. The molecule has 11 heteroatoms. The fourth-order valence-corrected chi connectivity index (χ4v) is 4.08. The van der Waals surface area contributed by atoms with Crippen molar-refractivity contribution in [2.75, 3.05) is 37.6 Å². The maximum absolute atomic E-state index is 6.29. The third kappa shape index (κ3) is 6.43. The minimum atomic E-state index is 0.225. The molecular weight excluding hydrogens is 491 g/mol. The standard InChI is InChI=1S/C24H26Cl2N6O3/c1-33-20-8-6-7-16(21(20)35-15-17-9-10-18(25)13-19(17)26)14-27-31-22-28-23(30-24(29-22)34-2)32-11-4-3-5-12-32/h6-10,13-14H,3-5,11-12,15H2,1-2H3,(H,28,29,30,31)/b27-14-. The molecule has 0 unspecified atom stereocenters. The molecule has 0 aliphatic carbocycles. The second-order valence-electron chi connectivity index (χ2n) is 7.77. The molecule has 1 N–H and O–H groups in total. The monoisotopic (exact) mass is 516 g/mol. The van der Waals surface area contributed by atoms with Crippen LogP contribution in [0.3, 0.4) is 0 Å². The van der Waals surface area contributed by atoms with Gasteiger partial charge in [-0.25, -0.2) is 5.43 Å². The normalized spacial score (nSPS) is 13.7. The molecule has 2 heterocycles. The Bertz CT molecular complexity index is 1190. The molecule has 0 bridgehead atoms. The van der Waals surface area contributed by atoms with Gasteiger partial charge in [0, 0.05) is 34.3 Å². The van der Waals surface area contributed by atoms with Crippen LogP contribution in [0.1, 0.15) is 30.4 Å². The molecule has 1 aliphatic heterocycles. The maximum atomic E-state index is 6.29. The molecule has 3 aromatic rings. The van der Waals surface area contributed by atoms with Crippen molar-refractivity contribution in [3.8, 4) is 17.5 Å². The fraction of sp³-hybridized carbons (Fsp3) is 0.333. The summed E-state index contributed by atoms with van der Waals surface area (Å²) in [5.41, 5.74) is 4.36. The van der Waals surface area contributed by atoms with E-state index in [4.69, 9.17) is 37.4 Å². The highest BCUT2D eigenvalue weighted by molar-refractivity contribution is 6.35. The third-order valence-electron chi connectivity index (χ3n) is 5.41. The highest BCUT2D eigenvalue weighted by Gasteiger charge is 2.17. The summed E-state index contributed by atoms with van der Waals surface area (Å²) >= 11 is 12.3. The average molecular weight is 517 g/mol. The first-order valence-electron chi connectivity index (χ1n) is 11.1. The number of ether oxygens (including phenoxy) is 3. The highest BCUT2D eigenvalue weighted by Crippen LogP contribution is 2.32. The molecule has 184 valence electrons. The third-order valence-corrected chi connectivity index (χ3v) is 6.00. The zero-order valence-corrected chi connectivity index (χ0v) is 21.0. The van der Waals surface area contributed by atoms with E-state index in [1.54, 1.807) is 25.5 Å². The van der Waals surface area contributed by atoms with Crippen molar-refractivity contribution in [1.29, 1.82) is 0 Å². The molecule has 0 amide bonds. The van der Waals surface area contributed by atoms with Crippen LogP contribution in [0.25, 0.3) is 0 Å². The number of piperidine rings is 1. The molecule has 0 spiro atoms. The van der Waals surface area contributed by atoms with Gasteiger partial charge in [-0.1, -0.05) is 35.3 Å². The zero-order valence-electron chi connectivity index (χ0n) is 19.5. The Kier molecular flexibility index (Phi) is 8.44. The number of hydrogen-bond acceptors (Lipinski definition) is 9. The number of hydrogen-bond donors (Lipinski definition) is 1. The van der Waals surface area contributed by atoms with Crippen molar-refractivity contribution in [3.63, 3.8) is 0 Å². The van der Waals surface area contributed by atoms with E-state index in [2.05, 4.69) is 30.4 Å². The van der Waals surface area contributed by atoms with E-state index in [1.807, 2.05) is 24.3 Å². The lowest BCUT2D eigenvalue weighted by Gasteiger charge is -2.26. The molecule has 1 aromatic heterocycles. The lowest BCUT2D eigenvalue weighted by Crippen LogP contribution is -2.31. The van der Waals surface area contributed by atoms with Gasteiger partial charge in [-0.15, -0.1) is 0 Å². The van der Waals surface area contributed by atoms with E-state index in [0.717, 1.165) is 31.5 Å². The summed E-state index contributed by atoms with van der Waals surface area (Å²) in [7, 11) is 3.10. The lowest BCUT2D eigenvalue weighted by molar-refractivity contribution is 0.284. The molecule has 0 atom stereocenters. The smallest absolute Gasteiger partial charge is 0.322 e. The molecule has 35 heavy (non-hydrogen) atoms. The maximum Gasteiger partial charge on any atom is 0.322 e. The predicted octanol–water partition coefficient (Wildman–Crippen LogP) is 5.21. The van der Waals surface area contributed by atoms with Crippen molar-refractivity contribution in [3.05, 3.63) is 57.6 Å². The van der Waals surface area contributed by atoms with Crippen molar-refractivity contribution in [2.24, 2.45) is 5.10 Å². The van der Waals surface area contributed by atoms with E-state index in [-0.39, 0.29) is 18.6 Å². The predicted molar refractivity (Wildman–Crippen MR) is 137 cm³/mol. The number of methoxy groups -OCH3 is 2. The van der Waals surface area contributed by atoms with Crippen LogP contribution in [0.2, 0.25) is 10.0 Å². The summed E-state index contributed by atoms with van der Waals surface area (Å²) in [5, 5.41) is 5.40. The Labute approximate surface area is 214 Å². The van der Waals surface area contributed by atoms with Gasteiger partial charge in [0.2, 0.25) is 5.95 Å². The van der Waals surface area contributed by atoms with Crippen molar-refractivity contribution in [2.45, 2.75) is 25.9 Å². The van der Waals surface area contributed by atoms with E-state index in [9.17, 15) is 0 Å². The number of nitrogens with zero attached hydrogens (tertiary/aromatic N) is 5. The van der Waals surface area contributed by atoms with Crippen molar-refractivity contribution in [1.82, 2.24) is 15.0 Å². The SMILES string of the molecule is COc1nc(N/N=C\c2cccc(OC)c2OCc2ccc(Cl)cc2Cl)nc(N2CCCCC2)n1. The van der Waals surface area contributed by atoms with Crippen molar-refractivity contribution < 1.29 is 14.2 Å². The fourth-order valence-electron chi connectivity index (χ4n) is 3.62. The van der Waals surface area contributed by atoms with Crippen LogP contribution in [0.15, 0.2) is 41.5 Å². The number of nitrogens with one attached hydrogen (secondary N) is 1. The molecule has 0 radical (unpaired) electrons. The first-order valence-corrected chi connectivity index (χ1v) is 11.9. The Morgan fingerprint density at radius 1 is 1.03 bits per heavy atom. The first-order chi connectivity index (χ1) is 17.1. The van der Waals surface area contributed by atoms with E-state index in [1.165, 1.54) is 13.5 Å². The van der Waals surface area contributed by atoms with E-state index < -0.39 is 0 Å². The Balaban J connectivity index is 1.52. The Morgan fingerprint density at radius 3 is 2.60 bits per heavy atom. The van der Waals surface area contributed by atoms with Gasteiger partial charge in [0.25, 0.3) is 5.95 Å². The van der Waals surface area contributed by atoms with Crippen LogP contribution in [0, 0.1) is 0 Å². The van der Waals surface area contributed by atoms with Crippen LogP contribution in [-0.4, -0.2) is 48.5 Å². The lowest BCUT2D eigenvalue weighted by atomic mass is 10.1. The van der Waals surface area contributed by atoms with Gasteiger partial charge in [-0.3, -0.25) is 0 Å². The topological polar surface area (TPSA) is 94.0 Å². The van der Waals surface area contributed by atoms with Gasteiger partial charge in [-0.05, 0) is 43.5 Å². The second kappa shape index (κ2) is 11.9. The number of anilines is 2.